The van der Waals surface area contributed by atoms with Gasteiger partial charge >= 0.3 is 0 Å². The lowest BCUT2D eigenvalue weighted by Gasteiger charge is -2.15. The van der Waals surface area contributed by atoms with Gasteiger partial charge in [0.15, 0.2) is 5.76 Å². The minimum Gasteiger partial charge on any atom is -0.495 e. The number of carbonyl (C=O) groups is 1. The summed E-state index contributed by atoms with van der Waals surface area (Å²) in [6.07, 6.45) is 5.79. The van der Waals surface area contributed by atoms with E-state index in [4.69, 9.17) is 9.15 Å². The van der Waals surface area contributed by atoms with Crippen molar-refractivity contribution in [1.82, 2.24) is 0 Å². The number of nitrogens with one attached hydrogen (secondary N) is 1. The molecule has 4 nitrogen and oxygen atoms in total. The number of benzene rings is 1. The van der Waals surface area contributed by atoms with Crippen LogP contribution in [0.3, 0.4) is 0 Å². The molecule has 0 fully saturated rings. The molecular formula is C21H27NO3. The molecule has 1 N–H and O–H groups in total. The lowest BCUT2D eigenvalue weighted by molar-refractivity contribution is 0.0993. The molecule has 0 bridgehead atoms. The molecule has 4 heteroatoms. The largest absolute Gasteiger partial charge is 0.495 e. The molecule has 0 saturated carbocycles. The van der Waals surface area contributed by atoms with Crippen LogP contribution in [0.4, 0.5) is 5.69 Å². The van der Waals surface area contributed by atoms with E-state index in [1.165, 1.54) is 30.4 Å². The van der Waals surface area contributed by atoms with Crippen LogP contribution in [0.1, 0.15) is 67.5 Å². The number of aryl methyl sites for hydroxylation is 2. The number of rotatable bonds is 3. The first-order valence-electron chi connectivity index (χ1n) is 9.00. The van der Waals surface area contributed by atoms with Crippen LogP contribution < -0.4 is 10.1 Å². The zero-order valence-electron chi connectivity index (χ0n) is 15.6. The summed E-state index contributed by atoms with van der Waals surface area (Å²) < 4.78 is 11.2. The summed E-state index contributed by atoms with van der Waals surface area (Å²) in [5.74, 6) is 1.58. The number of hydrogen-bond donors (Lipinski definition) is 1. The maximum Gasteiger partial charge on any atom is 0.291 e. The van der Waals surface area contributed by atoms with Crippen LogP contribution >= 0.6 is 0 Å². The van der Waals surface area contributed by atoms with Crippen LogP contribution in [0.5, 0.6) is 5.75 Å². The number of ether oxygens (including phenoxy) is 1. The van der Waals surface area contributed by atoms with Gasteiger partial charge in [0.25, 0.3) is 5.91 Å². The summed E-state index contributed by atoms with van der Waals surface area (Å²) in [4.78, 5) is 12.6. The molecule has 1 aromatic heterocycles. The molecule has 2 aromatic rings. The predicted molar refractivity (Wildman–Crippen MR) is 99.6 cm³/mol. The zero-order valence-corrected chi connectivity index (χ0v) is 15.6. The number of hydrogen-bond acceptors (Lipinski definition) is 3. The second-order valence-corrected chi connectivity index (χ2v) is 7.75. The highest BCUT2D eigenvalue weighted by Crippen LogP contribution is 2.33. The van der Waals surface area contributed by atoms with E-state index in [0.29, 0.717) is 17.2 Å². The first-order chi connectivity index (χ1) is 11.9. The van der Waals surface area contributed by atoms with Crippen LogP contribution in [0.2, 0.25) is 0 Å². The molecule has 25 heavy (non-hydrogen) atoms. The Kier molecular flexibility index (Phi) is 4.89. The van der Waals surface area contributed by atoms with Gasteiger partial charge in [0.2, 0.25) is 0 Å². The SMILES string of the molecule is COc1cc2c(cc1NC(=O)c1ccc(C(C)(C)C)o1)CCCCC2. The molecule has 0 spiro atoms. The average molecular weight is 341 g/mol. The third kappa shape index (κ3) is 3.89. The van der Waals surface area contributed by atoms with E-state index in [-0.39, 0.29) is 11.3 Å². The second kappa shape index (κ2) is 6.95. The number of furan rings is 1. The Morgan fingerprint density at radius 3 is 2.36 bits per heavy atom. The van der Waals surface area contributed by atoms with Crippen LogP contribution in [0.15, 0.2) is 28.7 Å². The summed E-state index contributed by atoms with van der Waals surface area (Å²) in [7, 11) is 1.64. The zero-order chi connectivity index (χ0) is 18.0. The van der Waals surface area contributed by atoms with Gasteiger partial charge in [0.1, 0.15) is 11.5 Å². The highest BCUT2D eigenvalue weighted by molar-refractivity contribution is 6.03. The monoisotopic (exact) mass is 341 g/mol. The summed E-state index contributed by atoms with van der Waals surface area (Å²) in [6.45, 7) is 6.18. The average Bonchev–Trinajstić information content (AvgIpc) is 2.96. The molecule has 0 atom stereocenters. The first-order valence-corrected chi connectivity index (χ1v) is 9.00. The summed E-state index contributed by atoms with van der Waals surface area (Å²) in [5.41, 5.74) is 3.23. The van der Waals surface area contributed by atoms with Crippen molar-refractivity contribution in [2.75, 3.05) is 12.4 Å². The van der Waals surface area contributed by atoms with Gasteiger partial charge < -0.3 is 14.5 Å². The van der Waals surface area contributed by atoms with Crippen LogP contribution in [-0.2, 0) is 18.3 Å². The smallest absolute Gasteiger partial charge is 0.291 e. The van der Waals surface area contributed by atoms with E-state index in [1.807, 2.05) is 6.07 Å². The van der Waals surface area contributed by atoms with Crippen LogP contribution in [0, 0.1) is 0 Å². The molecule has 0 saturated heterocycles. The van der Waals surface area contributed by atoms with Crippen LogP contribution in [0.25, 0.3) is 0 Å². The Morgan fingerprint density at radius 1 is 1.08 bits per heavy atom. The minimum absolute atomic E-state index is 0.125. The fourth-order valence-corrected chi connectivity index (χ4v) is 3.25. The quantitative estimate of drug-likeness (QED) is 0.790. The Balaban J connectivity index is 1.85. The van der Waals surface area contributed by atoms with Crippen molar-refractivity contribution in [1.29, 1.82) is 0 Å². The van der Waals surface area contributed by atoms with Gasteiger partial charge in [-0.05, 0) is 61.1 Å². The molecule has 3 rings (SSSR count). The Morgan fingerprint density at radius 2 is 1.76 bits per heavy atom. The highest BCUT2D eigenvalue weighted by atomic mass is 16.5. The molecule has 1 aliphatic carbocycles. The fourth-order valence-electron chi connectivity index (χ4n) is 3.25. The summed E-state index contributed by atoms with van der Waals surface area (Å²) in [6, 6.07) is 7.72. The standard InChI is InChI=1S/C21H27NO3/c1-21(2,3)19-11-10-17(25-19)20(23)22-16-12-14-8-6-5-7-9-15(14)13-18(16)24-4/h10-13H,5-9H2,1-4H3,(H,22,23). The van der Waals surface area contributed by atoms with E-state index in [0.717, 1.165) is 18.6 Å². The number of anilines is 1. The van der Waals surface area contributed by atoms with Gasteiger partial charge in [-0.25, -0.2) is 0 Å². The van der Waals surface area contributed by atoms with Gasteiger partial charge in [-0.1, -0.05) is 27.2 Å². The van der Waals surface area contributed by atoms with Crippen molar-refractivity contribution < 1.29 is 13.9 Å². The normalized spacial score (nSPS) is 14.6. The number of methoxy groups -OCH3 is 1. The third-order valence-corrected chi connectivity index (χ3v) is 4.73. The Hall–Kier alpha value is -2.23. The van der Waals surface area contributed by atoms with E-state index < -0.39 is 0 Å². The summed E-state index contributed by atoms with van der Waals surface area (Å²) >= 11 is 0. The van der Waals surface area contributed by atoms with Crippen molar-refractivity contribution >= 4 is 11.6 Å². The predicted octanol–water partition coefficient (Wildman–Crippen LogP) is 5.11. The van der Waals surface area contributed by atoms with E-state index in [9.17, 15) is 4.79 Å². The molecule has 134 valence electrons. The maximum atomic E-state index is 12.6. The topological polar surface area (TPSA) is 51.5 Å². The molecule has 0 unspecified atom stereocenters. The molecule has 1 amide bonds. The molecule has 1 aliphatic rings. The third-order valence-electron chi connectivity index (χ3n) is 4.73. The Labute approximate surface area is 149 Å². The van der Waals surface area contributed by atoms with Crippen molar-refractivity contribution in [2.45, 2.75) is 58.3 Å². The van der Waals surface area contributed by atoms with E-state index in [1.54, 1.807) is 13.2 Å². The molecule has 1 heterocycles. The maximum absolute atomic E-state index is 12.6. The van der Waals surface area contributed by atoms with Crippen molar-refractivity contribution in [3.05, 3.63) is 46.9 Å². The van der Waals surface area contributed by atoms with Gasteiger partial charge in [-0.3, -0.25) is 4.79 Å². The highest BCUT2D eigenvalue weighted by Gasteiger charge is 2.21. The second-order valence-electron chi connectivity index (χ2n) is 7.75. The van der Waals surface area contributed by atoms with Crippen molar-refractivity contribution in [3.8, 4) is 5.75 Å². The van der Waals surface area contributed by atoms with Gasteiger partial charge in [0, 0.05) is 5.41 Å². The fraction of sp³-hybridized carbons (Fsp3) is 0.476. The molecule has 1 aromatic carbocycles. The van der Waals surface area contributed by atoms with Crippen molar-refractivity contribution in [2.24, 2.45) is 0 Å². The summed E-state index contributed by atoms with van der Waals surface area (Å²) in [5, 5.41) is 2.96. The molecular weight excluding hydrogens is 314 g/mol. The van der Waals surface area contributed by atoms with Gasteiger partial charge in [-0.2, -0.15) is 0 Å². The minimum atomic E-state index is -0.248. The lowest BCUT2D eigenvalue weighted by atomic mass is 9.94. The van der Waals surface area contributed by atoms with Gasteiger partial charge in [-0.15, -0.1) is 0 Å². The molecule has 0 radical (unpaired) electrons. The van der Waals surface area contributed by atoms with E-state index >= 15 is 0 Å². The molecule has 0 aliphatic heterocycles. The van der Waals surface area contributed by atoms with Crippen LogP contribution in [-0.4, -0.2) is 13.0 Å². The van der Waals surface area contributed by atoms with Crippen molar-refractivity contribution in [3.63, 3.8) is 0 Å². The number of amides is 1. The number of carbonyl (C=O) groups excluding carboxylic acids is 1. The first kappa shape index (κ1) is 17.6. The van der Waals surface area contributed by atoms with E-state index in [2.05, 4.69) is 38.2 Å². The Bertz CT molecular complexity index is 768. The lowest BCUT2D eigenvalue weighted by Crippen LogP contribution is -2.13. The number of fused-ring (bicyclic) bond motifs is 1. The van der Waals surface area contributed by atoms with Gasteiger partial charge in [0.05, 0.1) is 12.8 Å².